The highest BCUT2D eigenvalue weighted by molar-refractivity contribution is 6.30. The van der Waals surface area contributed by atoms with Crippen molar-refractivity contribution in [3.63, 3.8) is 0 Å². The smallest absolute Gasteiger partial charge is 0.321 e. The van der Waals surface area contributed by atoms with E-state index in [9.17, 15) is 9.18 Å². The van der Waals surface area contributed by atoms with Crippen molar-refractivity contribution in [1.29, 1.82) is 0 Å². The van der Waals surface area contributed by atoms with Crippen LogP contribution in [-0.2, 0) is 9.47 Å². The van der Waals surface area contributed by atoms with Crippen LogP contribution in [0.3, 0.4) is 0 Å². The summed E-state index contributed by atoms with van der Waals surface area (Å²) in [7, 11) is 1.63. The second-order valence-electron chi connectivity index (χ2n) is 5.11. The molecule has 0 spiro atoms. The molecule has 0 unspecified atom stereocenters. The standard InChI is InChI=1S/C15H20ClFN2O3/c1-21-8-9-22-12-4-6-19(7-5-12)15(20)18-11-2-3-13(16)14(17)10-11/h2-3,10,12H,4-9H2,1H3,(H,18,20). The molecule has 0 aliphatic carbocycles. The topological polar surface area (TPSA) is 50.8 Å². The van der Waals surface area contributed by atoms with Crippen molar-refractivity contribution < 1.29 is 18.7 Å². The van der Waals surface area contributed by atoms with Crippen molar-refractivity contribution in [2.45, 2.75) is 18.9 Å². The second-order valence-corrected chi connectivity index (χ2v) is 5.52. The van der Waals surface area contributed by atoms with Crippen LogP contribution in [0.25, 0.3) is 0 Å². The Balaban J connectivity index is 1.78. The molecule has 0 saturated carbocycles. The first-order valence-electron chi connectivity index (χ1n) is 7.21. The van der Waals surface area contributed by atoms with Crippen molar-refractivity contribution in [3.05, 3.63) is 29.0 Å². The zero-order valence-corrected chi connectivity index (χ0v) is 13.2. The maximum atomic E-state index is 13.3. The number of nitrogens with one attached hydrogen (secondary N) is 1. The molecule has 1 aromatic carbocycles. The molecule has 1 aliphatic rings. The monoisotopic (exact) mass is 330 g/mol. The lowest BCUT2D eigenvalue weighted by atomic mass is 10.1. The predicted octanol–water partition coefficient (Wildman–Crippen LogP) is 3.14. The average Bonchev–Trinajstić information content (AvgIpc) is 2.52. The Morgan fingerprint density at radius 1 is 1.41 bits per heavy atom. The Kier molecular flexibility index (Phi) is 6.42. The number of ether oxygens (including phenoxy) is 2. The molecule has 1 aliphatic heterocycles. The average molecular weight is 331 g/mol. The number of piperidine rings is 1. The van der Waals surface area contributed by atoms with E-state index in [0.717, 1.165) is 12.8 Å². The number of nitrogens with zero attached hydrogens (tertiary/aromatic N) is 1. The van der Waals surface area contributed by atoms with Crippen LogP contribution in [0.2, 0.25) is 5.02 Å². The van der Waals surface area contributed by atoms with Crippen LogP contribution in [0.5, 0.6) is 0 Å². The predicted molar refractivity (Wildman–Crippen MR) is 82.9 cm³/mol. The molecule has 1 fully saturated rings. The summed E-state index contributed by atoms with van der Waals surface area (Å²) in [5.74, 6) is -0.551. The lowest BCUT2D eigenvalue weighted by molar-refractivity contribution is -0.00851. The van der Waals surface area contributed by atoms with Gasteiger partial charge in [-0.15, -0.1) is 0 Å². The van der Waals surface area contributed by atoms with Crippen LogP contribution in [0.1, 0.15) is 12.8 Å². The molecule has 5 nitrogen and oxygen atoms in total. The highest BCUT2D eigenvalue weighted by atomic mass is 35.5. The number of hydrogen-bond donors (Lipinski definition) is 1. The Morgan fingerprint density at radius 2 is 2.14 bits per heavy atom. The minimum absolute atomic E-state index is 0.0343. The number of urea groups is 1. The molecule has 0 aromatic heterocycles. The first kappa shape index (κ1) is 17.0. The number of carbonyl (C=O) groups is 1. The Labute approximate surface area is 134 Å². The third kappa shape index (κ3) is 4.83. The fourth-order valence-electron chi connectivity index (χ4n) is 2.30. The van der Waals surface area contributed by atoms with E-state index < -0.39 is 5.82 Å². The van der Waals surface area contributed by atoms with E-state index in [1.54, 1.807) is 18.1 Å². The molecule has 1 aromatic rings. The van der Waals surface area contributed by atoms with Gasteiger partial charge in [0.1, 0.15) is 5.82 Å². The number of hydrogen-bond acceptors (Lipinski definition) is 3. The van der Waals surface area contributed by atoms with Crippen LogP contribution >= 0.6 is 11.6 Å². The van der Waals surface area contributed by atoms with Gasteiger partial charge in [-0.05, 0) is 31.0 Å². The van der Waals surface area contributed by atoms with Gasteiger partial charge >= 0.3 is 6.03 Å². The van der Waals surface area contributed by atoms with E-state index in [4.69, 9.17) is 21.1 Å². The van der Waals surface area contributed by atoms with Gasteiger partial charge in [-0.2, -0.15) is 0 Å². The van der Waals surface area contributed by atoms with Crippen LogP contribution < -0.4 is 5.32 Å². The van der Waals surface area contributed by atoms with Gasteiger partial charge in [0.25, 0.3) is 0 Å². The van der Waals surface area contributed by atoms with E-state index in [2.05, 4.69) is 5.32 Å². The summed E-state index contributed by atoms with van der Waals surface area (Å²) < 4.78 is 23.9. The summed E-state index contributed by atoms with van der Waals surface area (Å²) >= 11 is 5.61. The Morgan fingerprint density at radius 3 is 2.77 bits per heavy atom. The number of carbonyl (C=O) groups excluding carboxylic acids is 1. The normalized spacial score (nSPS) is 15.9. The molecule has 0 atom stereocenters. The van der Waals surface area contributed by atoms with Crippen LogP contribution in [0.15, 0.2) is 18.2 Å². The summed E-state index contributed by atoms with van der Waals surface area (Å²) in [4.78, 5) is 13.8. The van der Waals surface area contributed by atoms with Gasteiger partial charge < -0.3 is 19.7 Å². The summed E-state index contributed by atoms with van der Waals surface area (Å²) in [5, 5.41) is 2.71. The van der Waals surface area contributed by atoms with Crippen molar-refractivity contribution in [3.8, 4) is 0 Å². The molecule has 122 valence electrons. The van der Waals surface area contributed by atoms with Gasteiger partial charge in [0.05, 0.1) is 24.3 Å². The maximum Gasteiger partial charge on any atom is 0.321 e. The molecule has 22 heavy (non-hydrogen) atoms. The molecular formula is C15H20ClFN2O3. The van der Waals surface area contributed by atoms with Crippen molar-refractivity contribution in [2.24, 2.45) is 0 Å². The summed E-state index contributed by atoms with van der Waals surface area (Å²) in [5.41, 5.74) is 0.394. The van der Waals surface area contributed by atoms with Gasteiger partial charge in [-0.1, -0.05) is 11.6 Å². The number of likely N-dealkylation sites (tertiary alicyclic amines) is 1. The fraction of sp³-hybridized carbons (Fsp3) is 0.533. The molecule has 1 N–H and O–H groups in total. The molecule has 0 radical (unpaired) electrons. The number of benzene rings is 1. The van der Waals surface area contributed by atoms with Crippen molar-refractivity contribution in [2.75, 3.05) is 38.7 Å². The minimum Gasteiger partial charge on any atom is -0.382 e. The highest BCUT2D eigenvalue weighted by Gasteiger charge is 2.23. The number of anilines is 1. The van der Waals surface area contributed by atoms with E-state index in [-0.39, 0.29) is 17.2 Å². The molecule has 2 amide bonds. The number of amides is 2. The fourth-order valence-corrected chi connectivity index (χ4v) is 2.42. The largest absolute Gasteiger partial charge is 0.382 e. The lowest BCUT2D eigenvalue weighted by Gasteiger charge is -2.32. The third-order valence-corrected chi connectivity index (χ3v) is 3.85. The van der Waals surface area contributed by atoms with Gasteiger partial charge in [-0.25, -0.2) is 9.18 Å². The molecule has 7 heteroatoms. The van der Waals surface area contributed by atoms with E-state index in [1.807, 2.05) is 0 Å². The Bertz CT molecular complexity index is 508. The summed E-state index contributed by atoms with van der Waals surface area (Å²) in [6, 6.07) is 3.96. The SMILES string of the molecule is COCCOC1CCN(C(=O)Nc2ccc(Cl)c(F)c2)CC1. The van der Waals surface area contributed by atoms with Crippen molar-refractivity contribution >= 4 is 23.3 Å². The number of methoxy groups -OCH3 is 1. The molecular weight excluding hydrogens is 311 g/mol. The molecule has 2 rings (SSSR count). The molecule has 1 saturated heterocycles. The summed E-state index contributed by atoms with van der Waals surface area (Å²) in [6.45, 7) is 2.36. The first-order chi connectivity index (χ1) is 10.6. The Hall–Kier alpha value is -1.37. The molecule has 0 bridgehead atoms. The van der Waals surface area contributed by atoms with Crippen molar-refractivity contribution in [1.82, 2.24) is 4.90 Å². The van der Waals surface area contributed by atoms with Gasteiger partial charge in [0.2, 0.25) is 0 Å². The number of halogens is 2. The van der Waals surface area contributed by atoms with Crippen LogP contribution in [0.4, 0.5) is 14.9 Å². The highest BCUT2D eigenvalue weighted by Crippen LogP contribution is 2.20. The maximum absolute atomic E-state index is 13.3. The van der Waals surface area contributed by atoms with Crippen LogP contribution in [0, 0.1) is 5.82 Å². The number of rotatable bonds is 5. The van der Waals surface area contributed by atoms with Gasteiger partial charge in [0, 0.05) is 25.9 Å². The second kappa shape index (κ2) is 8.31. The van der Waals surface area contributed by atoms with E-state index >= 15 is 0 Å². The van der Waals surface area contributed by atoms with Crippen LogP contribution in [-0.4, -0.2) is 50.4 Å². The third-order valence-electron chi connectivity index (χ3n) is 3.54. The lowest BCUT2D eigenvalue weighted by Crippen LogP contribution is -2.43. The van der Waals surface area contributed by atoms with E-state index in [1.165, 1.54) is 12.1 Å². The first-order valence-corrected chi connectivity index (χ1v) is 7.59. The quantitative estimate of drug-likeness (QED) is 0.844. The minimum atomic E-state index is -0.551. The van der Waals surface area contributed by atoms with Gasteiger partial charge in [-0.3, -0.25) is 0 Å². The van der Waals surface area contributed by atoms with Gasteiger partial charge in [0.15, 0.2) is 0 Å². The zero-order valence-electron chi connectivity index (χ0n) is 12.5. The zero-order chi connectivity index (χ0) is 15.9. The molecule has 1 heterocycles. The summed E-state index contributed by atoms with van der Waals surface area (Å²) in [6.07, 6.45) is 1.73. The van der Waals surface area contributed by atoms with E-state index in [0.29, 0.717) is 32.0 Å².